The van der Waals surface area contributed by atoms with Gasteiger partial charge in [-0.25, -0.2) is 0 Å². The molecule has 0 saturated carbocycles. The number of esters is 1. The third-order valence-corrected chi connectivity index (χ3v) is 1.88. The van der Waals surface area contributed by atoms with Crippen LogP contribution in [0.15, 0.2) is 30.3 Å². The second-order valence-corrected chi connectivity index (χ2v) is 3.29. The zero-order valence-corrected chi connectivity index (χ0v) is 8.43. The average Bonchev–Trinajstić information content (AvgIpc) is 2.27. The van der Waals surface area contributed by atoms with E-state index in [0.717, 1.165) is 5.56 Å². The molecular weight excluding hydrogens is 194 g/mol. The summed E-state index contributed by atoms with van der Waals surface area (Å²) < 4.78 is 4.87. The highest BCUT2D eigenvalue weighted by atomic mass is 16.5. The number of hydrogen-bond acceptors (Lipinski definition) is 4. The maximum atomic E-state index is 11.3. The number of carbonyl (C=O) groups excluding carboxylic acids is 1. The molecule has 3 N–H and O–H groups in total. The molecule has 0 bridgehead atoms. The van der Waals surface area contributed by atoms with Crippen molar-refractivity contribution in [3.05, 3.63) is 35.9 Å². The second-order valence-electron chi connectivity index (χ2n) is 3.29. The molecule has 0 aromatic heterocycles. The van der Waals surface area contributed by atoms with Gasteiger partial charge >= 0.3 is 5.97 Å². The van der Waals surface area contributed by atoms with E-state index in [9.17, 15) is 4.79 Å². The highest BCUT2D eigenvalue weighted by Gasteiger charge is 2.07. The van der Waals surface area contributed by atoms with E-state index >= 15 is 0 Å². The van der Waals surface area contributed by atoms with E-state index in [1.807, 2.05) is 30.3 Å². The Morgan fingerprint density at radius 2 is 2.07 bits per heavy atom. The fourth-order valence-electron chi connectivity index (χ4n) is 1.07. The Labute approximate surface area is 88.7 Å². The number of benzene rings is 1. The summed E-state index contributed by atoms with van der Waals surface area (Å²) in [4.78, 5) is 11.3. The zero-order chi connectivity index (χ0) is 11.1. The van der Waals surface area contributed by atoms with Crippen molar-refractivity contribution in [3.8, 4) is 0 Å². The van der Waals surface area contributed by atoms with Gasteiger partial charge < -0.3 is 15.6 Å². The molecule has 0 fully saturated rings. The lowest BCUT2D eigenvalue weighted by Gasteiger charge is -2.08. The van der Waals surface area contributed by atoms with Gasteiger partial charge in [-0.15, -0.1) is 0 Å². The lowest BCUT2D eigenvalue weighted by molar-refractivity contribution is -0.143. The SMILES string of the molecule is N[C@@H](CO)COC(=O)Cc1ccccc1. The van der Waals surface area contributed by atoms with E-state index in [-0.39, 0.29) is 25.6 Å². The summed E-state index contributed by atoms with van der Waals surface area (Å²) in [5.41, 5.74) is 6.29. The van der Waals surface area contributed by atoms with Crippen molar-refractivity contribution in [1.29, 1.82) is 0 Å². The first-order chi connectivity index (χ1) is 7.22. The van der Waals surface area contributed by atoms with Crippen molar-refractivity contribution in [3.63, 3.8) is 0 Å². The standard InChI is InChI=1S/C11H15NO3/c12-10(7-13)8-15-11(14)6-9-4-2-1-3-5-9/h1-5,10,13H,6-8,12H2/t10-/m0/s1. The minimum absolute atomic E-state index is 0.0577. The molecule has 0 aliphatic carbocycles. The van der Waals surface area contributed by atoms with E-state index in [4.69, 9.17) is 15.6 Å². The van der Waals surface area contributed by atoms with Gasteiger partial charge in [0.15, 0.2) is 0 Å². The molecule has 0 saturated heterocycles. The molecule has 15 heavy (non-hydrogen) atoms. The Hall–Kier alpha value is -1.39. The molecule has 1 aromatic rings. The highest BCUT2D eigenvalue weighted by Crippen LogP contribution is 2.00. The van der Waals surface area contributed by atoms with Gasteiger partial charge in [-0.2, -0.15) is 0 Å². The molecule has 0 amide bonds. The van der Waals surface area contributed by atoms with Crippen LogP contribution in [0, 0.1) is 0 Å². The fraction of sp³-hybridized carbons (Fsp3) is 0.364. The molecule has 4 heteroatoms. The summed E-state index contributed by atoms with van der Waals surface area (Å²) in [6, 6.07) is 8.82. The smallest absolute Gasteiger partial charge is 0.310 e. The monoisotopic (exact) mass is 209 g/mol. The van der Waals surface area contributed by atoms with Crippen LogP contribution in [0.1, 0.15) is 5.56 Å². The van der Waals surface area contributed by atoms with E-state index in [1.165, 1.54) is 0 Å². The van der Waals surface area contributed by atoms with E-state index < -0.39 is 6.04 Å². The maximum absolute atomic E-state index is 11.3. The van der Waals surface area contributed by atoms with Gasteiger partial charge in [-0.05, 0) is 5.56 Å². The first kappa shape index (κ1) is 11.7. The average molecular weight is 209 g/mol. The van der Waals surface area contributed by atoms with E-state index in [0.29, 0.717) is 0 Å². The predicted octanol–water partition coefficient (Wildman–Crippen LogP) is 0.0919. The number of aliphatic hydroxyl groups excluding tert-OH is 1. The maximum Gasteiger partial charge on any atom is 0.310 e. The molecule has 0 radical (unpaired) electrons. The molecule has 1 atom stereocenters. The van der Waals surface area contributed by atoms with Crippen LogP contribution in [0.5, 0.6) is 0 Å². The first-order valence-electron chi connectivity index (χ1n) is 4.78. The van der Waals surface area contributed by atoms with Crippen LogP contribution in [0.25, 0.3) is 0 Å². The van der Waals surface area contributed by atoms with Crippen molar-refractivity contribution in [1.82, 2.24) is 0 Å². The van der Waals surface area contributed by atoms with Crippen LogP contribution in [0.4, 0.5) is 0 Å². The Bertz CT molecular complexity index is 300. The lowest BCUT2D eigenvalue weighted by Crippen LogP contribution is -2.31. The Morgan fingerprint density at radius 3 is 2.67 bits per heavy atom. The first-order valence-corrected chi connectivity index (χ1v) is 4.78. The predicted molar refractivity (Wildman–Crippen MR) is 56.2 cm³/mol. The summed E-state index contributed by atoms with van der Waals surface area (Å²) in [5.74, 6) is -0.329. The van der Waals surface area contributed by atoms with Gasteiger partial charge in [-0.3, -0.25) is 4.79 Å². The molecule has 0 heterocycles. The zero-order valence-electron chi connectivity index (χ0n) is 8.43. The van der Waals surface area contributed by atoms with Gasteiger partial charge in [-0.1, -0.05) is 30.3 Å². The largest absolute Gasteiger partial charge is 0.464 e. The molecule has 4 nitrogen and oxygen atoms in total. The van der Waals surface area contributed by atoms with Gasteiger partial charge in [0.2, 0.25) is 0 Å². The molecule has 82 valence electrons. The number of nitrogens with two attached hydrogens (primary N) is 1. The third kappa shape index (κ3) is 4.58. The van der Waals surface area contributed by atoms with Crippen molar-refractivity contribution in [2.24, 2.45) is 5.73 Å². The van der Waals surface area contributed by atoms with Crippen molar-refractivity contribution >= 4 is 5.97 Å². The van der Waals surface area contributed by atoms with Gasteiger partial charge in [0.25, 0.3) is 0 Å². The molecule has 0 aliphatic rings. The number of carbonyl (C=O) groups is 1. The van der Waals surface area contributed by atoms with Gasteiger partial charge in [0.05, 0.1) is 19.1 Å². The Morgan fingerprint density at radius 1 is 1.40 bits per heavy atom. The van der Waals surface area contributed by atoms with Crippen LogP contribution < -0.4 is 5.73 Å². The number of hydrogen-bond donors (Lipinski definition) is 2. The lowest BCUT2D eigenvalue weighted by atomic mass is 10.2. The Kier molecular flexibility index (Phi) is 4.80. The van der Waals surface area contributed by atoms with Gasteiger partial charge in [0, 0.05) is 0 Å². The quantitative estimate of drug-likeness (QED) is 0.674. The molecule has 0 aliphatic heterocycles. The van der Waals surface area contributed by atoms with Crippen LogP contribution in [0.2, 0.25) is 0 Å². The summed E-state index contributed by atoms with van der Waals surface area (Å²) in [6.45, 7) is -0.124. The van der Waals surface area contributed by atoms with Crippen LogP contribution in [-0.4, -0.2) is 30.3 Å². The fourth-order valence-corrected chi connectivity index (χ4v) is 1.07. The molecule has 1 rings (SSSR count). The van der Waals surface area contributed by atoms with Crippen LogP contribution in [0.3, 0.4) is 0 Å². The molecule has 1 aromatic carbocycles. The summed E-state index contributed by atoms with van der Waals surface area (Å²) in [5, 5.41) is 8.62. The molecule has 0 unspecified atom stereocenters. The van der Waals surface area contributed by atoms with Crippen LogP contribution >= 0.6 is 0 Å². The van der Waals surface area contributed by atoms with Gasteiger partial charge in [0.1, 0.15) is 6.61 Å². The van der Waals surface area contributed by atoms with E-state index in [1.54, 1.807) is 0 Å². The summed E-state index contributed by atoms with van der Waals surface area (Å²) >= 11 is 0. The third-order valence-electron chi connectivity index (χ3n) is 1.88. The summed E-state index contributed by atoms with van der Waals surface area (Å²) in [7, 11) is 0. The summed E-state index contributed by atoms with van der Waals surface area (Å²) in [6.07, 6.45) is 0.235. The number of rotatable bonds is 5. The topological polar surface area (TPSA) is 72.6 Å². The molecule has 0 spiro atoms. The van der Waals surface area contributed by atoms with Crippen molar-refractivity contribution in [2.75, 3.05) is 13.2 Å². The normalized spacial score (nSPS) is 12.1. The minimum Gasteiger partial charge on any atom is -0.464 e. The number of aliphatic hydroxyl groups is 1. The Balaban J connectivity index is 2.31. The van der Waals surface area contributed by atoms with Crippen molar-refractivity contribution in [2.45, 2.75) is 12.5 Å². The number of ether oxygens (including phenoxy) is 1. The molecular formula is C11H15NO3. The van der Waals surface area contributed by atoms with Crippen LogP contribution in [-0.2, 0) is 16.0 Å². The highest BCUT2D eigenvalue weighted by molar-refractivity contribution is 5.72. The minimum atomic E-state index is -0.496. The second kappa shape index (κ2) is 6.16. The van der Waals surface area contributed by atoms with E-state index in [2.05, 4.69) is 0 Å². The van der Waals surface area contributed by atoms with Crippen molar-refractivity contribution < 1.29 is 14.6 Å².